The number of thioether (sulfide) groups is 1. The van der Waals surface area contributed by atoms with Gasteiger partial charge in [0.1, 0.15) is 0 Å². The second-order valence-electron chi connectivity index (χ2n) is 6.97. The third-order valence-corrected chi connectivity index (χ3v) is 5.88. The first-order valence-corrected chi connectivity index (χ1v) is 10.5. The number of nitriles is 1. The van der Waals surface area contributed by atoms with Gasteiger partial charge in [-0.1, -0.05) is 36.4 Å². The standard InChI is InChI=1S/C22H26N4OS/c1-18-6-2-3-7-19(18)16-25-11-13-26(14-12-25)17-22(27)24-20-8-4-5-9-21(20)28-15-10-23/h2-9H,11-17H2,1H3,(H,24,27). The summed E-state index contributed by atoms with van der Waals surface area (Å²) in [6.07, 6.45) is 0. The summed E-state index contributed by atoms with van der Waals surface area (Å²) in [7, 11) is 0. The van der Waals surface area contributed by atoms with Crippen LogP contribution in [0, 0.1) is 18.3 Å². The van der Waals surface area contributed by atoms with Crippen LogP contribution in [0.3, 0.4) is 0 Å². The third kappa shape index (κ3) is 5.83. The zero-order valence-corrected chi connectivity index (χ0v) is 17.0. The van der Waals surface area contributed by atoms with E-state index in [-0.39, 0.29) is 5.91 Å². The smallest absolute Gasteiger partial charge is 0.238 e. The number of piperazine rings is 1. The Morgan fingerprint density at radius 2 is 1.75 bits per heavy atom. The number of benzene rings is 2. The molecule has 0 radical (unpaired) electrons. The lowest BCUT2D eigenvalue weighted by Gasteiger charge is -2.34. The van der Waals surface area contributed by atoms with Crippen LogP contribution in [0.15, 0.2) is 53.4 Å². The summed E-state index contributed by atoms with van der Waals surface area (Å²) in [5.74, 6) is 0.368. The molecular formula is C22H26N4OS. The van der Waals surface area contributed by atoms with Gasteiger partial charge in [-0.05, 0) is 30.2 Å². The number of nitrogens with zero attached hydrogens (tertiary/aromatic N) is 3. The molecular weight excluding hydrogens is 368 g/mol. The quantitative estimate of drug-likeness (QED) is 0.730. The highest BCUT2D eigenvalue weighted by atomic mass is 32.2. The fraction of sp³-hybridized carbons (Fsp3) is 0.364. The largest absolute Gasteiger partial charge is 0.324 e. The lowest BCUT2D eigenvalue weighted by molar-refractivity contribution is -0.117. The van der Waals surface area contributed by atoms with Crippen molar-refractivity contribution in [1.82, 2.24) is 9.80 Å². The van der Waals surface area contributed by atoms with Crippen LogP contribution in [0.4, 0.5) is 5.69 Å². The Kier molecular flexibility index (Phi) is 7.49. The van der Waals surface area contributed by atoms with E-state index in [1.165, 1.54) is 22.9 Å². The molecule has 1 saturated heterocycles. The molecule has 1 aliphatic heterocycles. The molecule has 0 spiro atoms. The van der Waals surface area contributed by atoms with Crippen molar-refractivity contribution in [2.45, 2.75) is 18.4 Å². The predicted molar refractivity (Wildman–Crippen MR) is 114 cm³/mol. The lowest BCUT2D eigenvalue weighted by Crippen LogP contribution is -2.48. The molecule has 0 aliphatic carbocycles. The van der Waals surface area contributed by atoms with Gasteiger partial charge in [0.15, 0.2) is 0 Å². The zero-order valence-electron chi connectivity index (χ0n) is 16.2. The Labute approximate surface area is 171 Å². The number of hydrogen-bond donors (Lipinski definition) is 1. The van der Waals surface area contributed by atoms with E-state index >= 15 is 0 Å². The number of hydrogen-bond acceptors (Lipinski definition) is 5. The SMILES string of the molecule is Cc1ccccc1CN1CCN(CC(=O)Nc2ccccc2SCC#N)CC1. The molecule has 5 nitrogen and oxygen atoms in total. The van der Waals surface area contributed by atoms with Gasteiger partial charge >= 0.3 is 0 Å². The van der Waals surface area contributed by atoms with E-state index in [1.807, 2.05) is 24.3 Å². The van der Waals surface area contributed by atoms with Crippen LogP contribution in [0.5, 0.6) is 0 Å². The zero-order chi connectivity index (χ0) is 19.8. The highest BCUT2D eigenvalue weighted by molar-refractivity contribution is 7.99. The summed E-state index contributed by atoms with van der Waals surface area (Å²) < 4.78 is 0. The van der Waals surface area contributed by atoms with Crippen molar-refractivity contribution in [2.24, 2.45) is 0 Å². The number of para-hydroxylation sites is 1. The number of anilines is 1. The van der Waals surface area contributed by atoms with Crippen molar-refractivity contribution < 1.29 is 4.79 Å². The van der Waals surface area contributed by atoms with Crippen LogP contribution >= 0.6 is 11.8 Å². The van der Waals surface area contributed by atoms with Gasteiger partial charge < -0.3 is 5.32 Å². The van der Waals surface area contributed by atoms with Crippen LogP contribution in [0.2, 0.25) is 0 Å². The highest BCUT2D eigenvalue weighted by Gasteiger charge is 2.19. The number of carbonyl (C=O) groups excluding carboxylic acids is 1. The van der Waals surface area contributed by atoms with E-state index < -0.39 is 0 Å². The Balaban J connectivity index is 1.47. The van der Waals surface area contributed by atoms with Gasteiger partial charge in [0, 0.05) is 37.6 Å². The molecule has 1 aliphatic rings. The number of rotatable bonds is 7. The molecule has 0 unspecified atom stereocenters. The predicted octanol–water partition coefficient (Wildman–Crippen LogP) is 3.37. The van der Waals surface area contributed by atoms with E-state index in [4.69, 9.17) is 5.26 Å². The van der Waals surface area contributed by atoms with Gasteiger partial charge in [0.25, 0.3) is 0 Å². The number of aryl methyl sites for hydroxylation is 1. The van der Waals surface area contributed by atoms with Crippen LogP contribution in [0.25, 0.3) is 0 Å². The first-order chi connectivity index (χ1) is 13.7. The average Bonchev–Trinajstić information content (AvgIpc) is 2.70. The minimum Gasteiger partial charge on any atom is -0.324 e. The molecule has 2 aromatic carbocycles. The van der Waals surface area contributed by atoms with Gasteiger partial charge in [-0.25, -0.2) is 0 Å². The molecule has 2 aromatic rings. The maximum Gasteiger partial charge on any atom is 0.238 e. The topological polar surface area (TPSA) is 59.4 Å². The van der Waals surface area contributed by atoms with Crippen molar-refractivity contribution in [1.29, 1.82) is 5.26 Å². The van der Waals surface area contributed by atoms with Gasteiger partial charge in [-0.3, -0.25) is 14.6 Å². The minimum atomic E-state index is -0.00244. The number of amides is 1. The van der Waals surface area contributed by atoms with Crippen molar-refractivity contribution >= 4 is 23.4 Å². The van der Waals surface area contributed by atoms with Gasteiger partial charge in [0.2, 0.25) is 5.91 Å². The first kappa shape index (κ1) is 20.4. The van der Waals surface area contributed by atoms with E-state index in [9.17, 15) is 4.79 Å². The van der Waals surface area contributed by atoms with Gasteiger partial charge in [-0.15, -0.1) is 11.8 Å². The minimum absolute atomic E-state index is 0.00244. The summed E-state index contributed by atoms with van der Waals surface area (Å²) in [5.41, 5.74) is 3.49. The first-order valence-electron chi connectivity index (χ1n) is 9.53. The Hall–Kier alpha value is -2.33. The Bertz CT molecular complexity index is 840. The maximum atomic E-state index is 12.5. The van der Waals surface area contributed by atoms with E-state index in [0.717, 1.165) is 43.3 Å². The molecule has 28 heavy (non-hydrogen) atoms. The van der Waals surface area contributed by atoms with E-state index in [0.29, 0.717) is 12.3 Å². The second kappa shape index (κ2) is 10.3. The van der Waals surface area contributed by atoms with E-state index in [1.54, 1.807) is 0 Å². The summed E-state index contributed by atoms with van der Waals surface area (Å²) in [6.45, 7) is 7.25. The van der Waals surface area contributed by atoms with Crippen LogP contribution in [-0.2, 0) is 11.3 Å². The third-order valence-electron chi connectivity index (χ3n) is 4.94. The van der Waals surface area contributed by atoms with Gasteiger partial charge in [-0.2, -0.15) is 5.26 Å². The van der Waals surface area contributed by atoms with Crippen molar-refractivity contribution in [3.8, 4) is 6.07 Å². The summed E-state index contributed by atoms with van der Waals surface area (Å²) in [5, 5.41) is 11.8. The fourth-order valence-electron chi connectivity index (χ4n) is 3.33. The Morgan fingerprint density at radius 1 is 1.07 bits per heavy atom. The number of carbonyl (C=O) groups is 1. The highest BCUT2D eigenvalue weighted by Crippen LogP contribution is 2.26. The molecule has 3 rings (SSSR count). The van der Waals surface area contributed by atoms with Crippen molar-refractivity contribution in [3.63, 3.8) is 0 Å². The molecule has 1 N–H and O–H groups in total. The molecule has 0 bridgehead atoms. The molecule has 0 saturated carbocycles. The summed E-state index contributed by atoms with van der Waals surface area (Å²) in [6, 6.07) is 18.3. The molecule has 146 valence electrons. The van der Waals surface area contributed by atoms with Crippen LogP contribution < -0.4 is 5.32 Å². The molecule has 1 fully saturated rings. The average molecular weight is 395 g/mol. The maximum absolute atomic E-state index is 12.5. The van der Waals surface area contributed by atoms with Crippen molar-refractivity contribution in [2.75, 3.05) is 43.8 Å². The van der Waals surface area contributed by atoms with Crippen LogP contribution in [-0.4, -0.2) is 54.2 Å². The monoisotopic (exact) mass is 394 g/mol. The normalized spacial score (nSPS) is 15.1. The van der Waals surface area contributed by atoms with Gasteiger partial charge in [0.05, 0.1) is 24.1 Å². The molecule has 1 heterocycles. The van der Waals surface area contributed by atoms with Crippen molar-refractivity contribution in [3.05, 3.63) is 59.7 Å². The second-order valence-corrected chi connectivity index (χ2v) is 7.99. The lowest BCUT2D eigenvalue weighted by atomic mass is 10.1. The molecule has 1 amide bonds. The molecule has 6 heteroatoms. The molecule has 0 aromatic heterocycles. The summed E-state index contributed by atoms with van der Waals surface area (Å²) in [4.78, 5) is 18.1. The molecule has 0 atom stereocenters. The summed E-state index contributed by atoms with van der Waals surface area (Å²) >= 11 is 1.44. The van der Waals surface area contributed by atoms with E-state index in [2.05, 4.69) is 52.4 Å². The fourth-order valence-corrected chi connectivity index (χ4v) is 4.00. The van der Waals surface area contributed by atoms with Crippen LogP contribution in [0.1, 0.15) is 11.1 Å². The Morgan fingerprint density at radius 3 is 2.50 bits per heavy atom. The number of nitrogens with one attached hydrogen (secondary N) is 1.